The molecular formula is C16H10N2O2. The van der Waals surface area contributed by atoms with Crippen molar-refractivity contribution < 1.29 is 9.59 Å². The van der Waals surface area contributed by atoms with Crippen LogP contribution in [0.2, 0.25) is 0 Å². The lowest BCUT2D eigenvalue weighted by Crippen LogP contribution is -2.10. The summed E-state index contributed by atoms with van der Waals surface area (Å²) in [4.78, 5) is 24.4. The predicted octanol–water partition coefficient (Wildman–Crippen LogP) is 2.50. The quantitative estimate of drug-likeness (QED) is 0.717. The van der Waals surface area contributed by atoms with Crippen molar-refractivity contribution in [2.45, 2.75) is 0 Å². The van der Waals surface area contributed by atoms with Crippen LogP contribution in [-0.4, -0.2) is 11.8 Å². The van der Waals surface area contributed by atoms with E-state index in [-0.39, 0.29) is 11.8 Å². The van der Waals surface area contributed by atoms with Crippen LogP contribution < -0.4 is 10.6 Å². The van der Waals surface area contributed by atoms with Crippen molar-refractivity contribution in [2.24, 2.45) is 0 Å². The maximum Gasteiger partial charge on any atom is 0.257 e. The fourth-order valence-corrected chi connectivity index (χ4v) is 2.73. The monoisotopic (exact) mass is 262 g/mol. The Balaban J connectivity index is 2.05. The first-order chi connectivity index (χ1) is 9.75. The van der Waals surface area contributed by atoms with E-state index in [0.717, 1.165) is 22.5 Å². The predicted molar refractivity (Wildman–Crippen MR) is 77.0 cm³/mol. The van der Waals surface area contributed by atoms with Crippen molar-refractivity contribution in [1.82, 2.24) is 0 Å². The second-order valence-corrected chi connectivity index (χ2v) is 4.75. The first kappa shape index (κ1) is 11.0. The third-order valence-electron chi connectivity index (χ3n) is 3.59. The summed E-state index contributed by atoms with van der Waals surface area (Å²) in [5, 5.41) is 5.60. The fourth-order valence-electron chi connectivity index (χ4n) is 2.73. The molecule has 0 radical (unpaired) electrons. The van der Waals surface area contributed by atoms with Crippen LogP contribution in [0, 0.1) is 0 Å². The molecule has 2 heterocycles. The number of para-hydroxylation sites is 2. The lowest BCUT2D eigenvalue weighted by Gasteiger charge is -2.02. The molecule has 0 fully saturated rings. The molecule has 2 aromatic carbocycles. The number of carbonyl (C=O) groups excluding carboxylic acids is 2. The maximum absolute atomic E-state index is 12.2. The number of carbonyl (C=O) groups is 2. The van der Waals surface area contributed by atoms with Gasteiger partial charge in [0.25, 0.3) is 11.8 Å². The molecule has 0 bridgehead atoms. The molecule has 2 aromatic rings. The maximum atomic E-state index is 12.2. The minimum absolute atomic E-state index is 0.229. The molecule has 0 atom stereocenters. The number of benzene rings is 2. The van der Waals surface area contributed by atoms with Crippen LogP contribution in [0.1, 0.15) is 11.1 Å². The summed E-state index contributed by atoms with van der Waals surface area (Å²) in [6.45, 7) is 0. The highest BCUT2D eigenvalue weighted by Gasteiger charge is 2.34. The molecule has 0 unspecified atom stereocenters. The van der Waals surface area contributed by atoms with E-state index in [9.17, 15) is 9.59 Å². The highest BCUT2D eigenvalue weighted by atomic mass is 16.2. The highest BCUT2D eigenvalue weighted by molar-refractivity contribution is 6.49. The van der Waals surface area contributed by atoms with Gasteiger partial charge >= 0.3 is 0 Å². The van der Waals surface area contributed by atoms with Gasteiger partial charge in [-0.05, 0) is 12.1 Å². The molecule has 2 aliphatic rings. The fraction of sp³-hybridized carbons (Fsp3) is 0. The summed E-state index contributed by atoms with van der Waals surface area (Å²) in [6.07, 6.45) is 0. The van der Waals surface area contributed by atoms with Gasteiger partial charge < -0.3 is 10.6 Å². The lowest BCUT2D eigenvalue weighted by molar-refractivity contribution is -0.112. The van der Waals surface area contributed by atoms with Crippen LogP contribution in [0.25, 0.3) is 11.1 Å². The van der Waals surface area contributed by atoms with Gasteiger partial charge in [0.05, 0.1) is 11.1 Å². The van der Waals surface area contributed by atoms with E-state index in [4.69, 9.17) is 0 Å². The number of fused-ring (bicyclic) bond motifs is 2. The number of amides is 2. The summed E-state index contributed by atoms with van der Waals surface area (Å²) in [5.41, 5.74) is 3.94. The van der Waals surface area contributed by atoms with Gasteiger partial charge in [0, 0.05) is 22.5 Å². The Kier molecular flexibility index (Phi) is 2.09. The Hall–Kier alpha value is -2.88. The largest absolute Gasteiger partial charge is 0.321 e. The van der Waals surface area contributed by atoms with Crippen LogP contribution in [0.3, 0.4) is 0 Å². The van der Waals surface area contributed by atoms with E-state index in [1.807, 2.05) is 48.5 Å². The van der Waals surface area contributed by atoms with Crippen molar-refractivity contribution >= 4 is 34.3 Å². The summed E-state index contributed by atoms with van der Waals surface area (Å²) in [6, 6.07) is 14.8. The zero-order chi connectivity index (χ0) is 13.7. The third-order valence-corrected chi connectivity index (χ3v) is 3.59. The van der Waals surface area contributed by atoms with Crippen LogP contribution >= 0.6 is 0 Å². The Bertz CT molecular complexity index is 738. The van der Waals surface area contributed by atoms with Gasteiger partial charge in [-0.2, -0.15) is 0 Å². The Morgan fingerprint density at radius 1 is 0.600 bits per heavy atom. The summed E-state index contributed by atoms with van der Waals surface area (Å²) in [5.74, 6) is -0.457. The van der Waals surface area contributed by atoms with Crippen molar-refractivity contribution in [3.63, 3.8) is 0 Å². The van der Waals surface area contributed by atoms with Crippen LogP contribution in [0.4, 0.5) is 11.4 Å². The second kappa shape index (κ2) is 3.81. The third kappa shape index (κ3) is 1.36. The van der Waals surface area contributed by atoms with Crippen LogP contribution in [0.15, 0.2) is 48.5 Å². The van der Waals surface area contributed by atoms with Gasteiger partial charge in [0.1, 0.15) is 0 Å². The van der Waals surface area contributed by atoms with Gasteiger partial charge in [0.2, 0.25) is 0 Å². The Labute approximate surface area is 115 Å². The number of anilines is 2. The minimum atomic E-state index is -0.229. The van der Waals surface area contributed by atoms with Gasteiger partial charge in [-0.3, -0.25) is 9.59 Å². The molecule has 4 rings (SSSR count). The minimum Gasteiger partial charge on any atom is -0.321 e. The van der Waals surface area contributed by atoms with Crippen molar-refractivity contribution in [2.75, 3.05) is 10.6 Å². The molecule has 2 N–H and O–H groups in total. The SMILES string of the molecule is O=C1Nc2ccccc2/C1=C1/C(=O)Nc2ccccc21. The second-order valence-electron chi connectivity index (χ2n) is 4.75. The molecule has 0 aliphatic carbocycles. The summed E-state index contributed by atoms with van der Waals surface area (Å²) < 4.78 is 0. The molecule has 4 heteroatoms. The van der Waals surface area contributed by atoms with Gasteiger partial charge in [-0.1, -0.05) is 36.4 Å². The summed E-state index contributed by atoms with van der Waals surface area (Å²) in [7, 11) is 0. The lowest BCUT2D eigenvalue weighted by atomic mass is 9.96. The zero-order valence-corrected chi connectivity index (χ0v) is 10.4. The van der Waals surface area contributed by atoms with Crippen molar-refractivity contribution in [1.29, 1.82) is 0 Å². The Morgan fingerprint density at radius 3 is 1.45 bits per heavy atom. The number of nitrogens with one attached hydrogen (secondary N) is 2. The molecule has 0 aromatic heterocycles. The van der Waals surface area contributed by atoms with E-state index < -0.39 is 0 Å². The van der Waals surface area contributed by atoms with Crippen LogP contribution in [-0.2, 0) is 9.59 Å². The van der Waals surface area contributed by atoms with Crippen molar-refractivity contribution in [3.05, 3.63) is 59.7 Å². The summed E-state index contributed by atoms with van der Waals surface area (Å²) >= 11 is 0. The Morgan fingerprint density at radius 2 is 1.00 bits per heavy atom. The average molecular weight is 262 g/mol. The first-order valence-corrected chi connectivity index (χ1v) is 6.31. The molecule has 96 valence electrons. The van der Waals surface area contributed by atoms with Crippen LogP contribution in [0.5, 0.6) is 0 Å². The van der Waals surface area contributed by atoms with E-state index in [0.29, 0.717) is 11.1 Å². The topological polar surface area (TPSA) is 58.2 Å². The van der Waals surface area contributed by atoms with E-state index in [2.05, 4.69) is 10.6 Å². The zero-order valence-electron chi connectivity index (χ0n) is 10.4. The molecule has 0 saturated carbocycles. The number of hydrogen-bond donors (Lipinski definition) is 2. The normalized spacial score (nSPS) is 19.4. The molecule has 2 aliphatic heterocycles. The molecule has 2 amide bonds. The van der Waals surface area contributed by atoms with E-state index in [1.165, 1.54) is 0 Å². The number of rotatable bonds is 0. The van der Waals surface area contributed by atoms with E-state index >= 15 is 0 Å². The molecule has 4 nitrogen and oxygen atoms in total. The van der Waals surface area contributed by atoms with E-state index in [1.54, 1.807) is 0 Å². The van der Waals surface area contributed by atoms with Gasteiger partial charge in [0.15, 0.2) is 0 Å². The molecule has 20 heavy (non-hydrogen) atoms. The van der Waals surface area contributed by atoms with Crippen molar-refractivity contribution in [3.8, 4) is 0 Å². The van der Waals surface area contributed by atoms with Gasteiger partial charge in [-0.25, -0.2) is 0 Å². The standard InChI is InChI=1S/C16H10N2O2/c19-15-13(9-5-1-3-7-11(9)17-15)14-10-6-2-4-8-12(10)18-16(14)20/h1-8H,(H,17,19)(H,18,20)/b14-13-. The average Bonchev–Trinajstić information content (AvgIpc) is 2.94. The van der Waals surface area contributed by atoms with Gasteiger partial charge in [-0.15, -0.1) is 0 Å². The molecular weight excluding hydrogens is 252 g/mol. The first-order valence-electron chi connectivity index (χ1n) is 6.31. The highest BCUT2D eigenvalue weighted by Crippen LogP contribution is 2.41. The number of hydrogen-bond acceptors (Lipinski definition) is 2. The smallest absolute Gasteiger partial charge is 0.257 e. The molecule has 0 spiro atoms. The molecule has 0 saturated heterocycles.